The topological polar surface area (TPSA) is 30.5 Å². The van der Waals surface area contributed by atoms with E-state index < -0.39 is 0 Å². The summed E-state index contributed by atoms with van der Waals surface area (Å²) in [5.41, 5.74) is 2.80. The number of methoxy groups -OCH3 is 1. The number of nitrogens with one attached hydrogen (secondary N) is 1. The van der Waals surface area contributed by atoms with E-state index in [0.717, 1.165) is 31.0 Å². The minimum Gasteiger partial charge on any atom is -0.493 e. The summed E-state index contributed by atoms with van der Waals surface area (Å²) in [6, 6.07) is 4.21. The van der Waals surface area contributed by atoms with Gasteiger partial charge in [0.15, 0.2) is 11.5 Å². The maximum Gasteiger partial charge on any atom is 0.165 e. The van der Waals surface area contributed by atoms with Crippen LogP contribution in [-0.4, -0.2) is 26.3 Å². The number of ether oxygens (including phenoxy) is 2. The van der Waals surface area contributed by atoms with Gasteiger partial charge in [-0.3, -0.25) is 0 Å². The Hall–Kier alpha value is -0.930. The van der Waals surface area contributed by atoms with Crippen LogP contribution in [0.5, 0.6) is 11.5 Å². The number of aryl methyl sites for hydroxylation is 1. The van der Waals surface area contributed by atoms with E-state index in [9.17, 15) is 0 Å². The predicted molar refractivity (Wildman–Crippen MR) is 69.6 cm³/mol. The highest BCUT2D eigenvalue weighted by Gasteiger charge is 2.25. The quantitative estimate of drug-likeness (QED) is 0.896. The highest BCUT2D eigenvalue weighted by Crippen LogP contribution is 2.39. The zero-order valence-electron chi connectivity index (χ0n) is 9.99. The molecular formula is C13H18ClNO2. The van der Waals surface area contributed by atoms with E-state index in [1.54, 1.807) is 7.11 Å². The molecule has 1 aromatic carbocycles. The number of hydrogen-bond donors (Lipinski definition) is 1. The van der Waals surface area contributed by atoms with Crippen LogP contribution in [0.3, 0.4) is 0 Å². The van der Waals surface area contributed by atoms with Gasteiger partial charge < -0.3 is 14.8 Å². The summed E-state index contributed by atoms with van der Waals surface area (Å²) in [6.45, 7) is 1.90. The number of benzene rings is 1. The van der Waals surface area contributed by atoms with Crippen LogP contribution >= 0.6 is 12.4 Å². The summed E-state index contributed by atoms with van der Waals surface area (Å²) in [5.74, 6) is 1.87. The smallest absolute Gasteiger partial charge is 0.165 e. The van der Waals surface area contributed by atoms with Gasteiger partial charge >= 0.3 is 0 Å². The van der Waals surface area contributed by atoms with Crippen LogP contribution in [0.1, 0.15) is 17.5 Å². The molecule has 0 atom stereocenters. The number of fused-ring (bicyclic) bond motifs is 1. The number of hydrogen-bond acceptors (Lipinski definition) is 3. The fourth-order valence-corrected chi connectivity index (χ4v) is 2.41. The van der Waals surface area contributed by atoms with Crippen molar-refractivity contribution in [2.45, 2.75) is 25.4 Å². The molecule has 1 aromatic rings. The van der Waals surface area contributed by atoms with E-state index in [1.165, 1.54) is 24.0 Å². The Morgan fingerprint density at radius 2 is 2.06 bits per heavy atom. The van der Waals surface area contributed by atoms with E-state index >= 15 is 0 Å². The average molecular weight is 256 g/mol. The lowest BCUT2D eigenvalue weighted by atomic mass is 10.1. The van der Waals surface area contributed by atoms with Crippen LogP contribution in [0.15, 0.2) is 12.1 Å². The molecule has 2 aliphatic rings. The van der Waals surface area contributed by atoms with E-state index in [-0.39, 0.29) is 12.4 Å². The van der Waals surface area contributed by atoms with Gasteiger partial charge in [-0.1, -0.05) is 6.07 Å². The molecule has 1 N–H and O–H groups in total. The van der Waals surface area contributed by atoms with E-state index in [4.69, 9.17) is 9.47 Å². The van der Waals surface area contributed by atoms with E-state index in [2.05, 4.69) is 11.4 Å². The third-order valence-corrected chi connectivity index (χ3v) is 3.44. The van der Waals surface area contributed by atoms with Crippen molar-refractivity contribution in [3.63, 3.8) is 0 Å². The molecule has 3 nitrogen and oxygen atoms in total. The Balaban J connectivity index is 0.00000108. The van der Waals surface area contributed by atoms with Crippen LogP contribution in [0.25, 0.3) is 0 Å². The third-order valence-electron chi connectivity index (χ3n) is 3.44. The molecule has 0 amide bonds. The predicted octanol–water partition coefficient (Wildman–Crippen LogP) is 1.96. The van der Waals surface area contributed by atoms with Crippen LogP contribution < -0.4 is 14.8 Å². The molecule has 94 valence electrons. The van der Waals surface area contributed by atoms with Crippen molar-refractivity contribution >= 4 is 12.4 Å². The Labute approximate surface area is 108 Å². The van der Waals surface area contributed by atoms with Gasteiger partial charge in [-0.05, 0) is 30.9 Å². The van der Waals surface area contributed by atoms with Gasteiger partial charge in [-0.15, -0.1) is 12.4 Å². The molecule has 1 heterocycles. The zero-order valence-corrected chi connectivity index (χ0v) is 10.8. The van der Waals surface area contributed by atoms with Crippen molar-refractivity contribution in [3.8, 4) is 11.5 Å². The first-order valence-corrected chi connectivity index (χ1v) is 5.94. The molecular weight excluding hydrogens is 238 g/mol. The second-order valence-corrected chi connectivity index (χ2v) is 4.49. The molecule has 0 saturated carbocycles. The van der Waals surface area contributed by atoms with Gasteiger partial charge in [-0.25, -0.2) is 0 Å². The van der Waals surface area contributed by atoms with Crippen LogP contribution in [-0.2, 0) is 12.8 Å². The molecule has 1 saturated heterocycles. The summed E-state index contributed by atoms with van der Waals surface area (Å²) in [7, 11) is 1.71. The first kappa shape index (κ1) is 12.5. The molecule has 0 spiro atoms. The Bertz CT molecular complexity index is 405. The van der Waals surface area contributed by atoms with E-state index in [1.807, 2.05) is 6.07 Å². The molecule has 17 heavy (non-hydrogen) atoms. The molecule has 4 heteroatoms. The summed E-state index contributed by atoms with van der Waals surface area (Å²) >= 11 is 0. The van der Waals surface area contributed by atoms with Crippen LogP contribution in [0.4, 0.5) is 0 Å². The van der Waals surface area contributed by atoms with Crippen molar-refractivity contribution in [3.05, 3.63) is 23.3 Å². The van der Waals surface area contributed by atoms with Crippen molar-refractivity contribution in [2.24, 2.45) is 0 Å². The minimum absolute atomic E-state index is 0. The number of rotatable bonds is 3. The van der Waals surface area contributed by atoms with Crippen LogP contribution in [0, 0.1) is 0 Å². The second kappa shape index (κ2) is 5.15. The first-order chi connectivity index (χ1) is 7.88. The third kappa shape index (κ3) is 2.22. The van der Waals surface area contributed by atoms with Gasteiger partial charge in [0, 0.05) is 18.7 Å². The number of halogens is 1. The van der Waals surface area contributed by atoms with Gasteiger partial charge in [-0.2, -0.15) is 0 Å². The summed E-state index contributed by atoms with van der Waals surface area (Å²) in [6.07, 6.45) is 3.86. The SMILES string of the molecule is COc1ccc2c(c1OC1CNC1)CCC2.Cl. The van der Waals surface area contributed by atoms with Gasteiger partial charge in [0.25, 0.3) is 0 Å². The van der Waals surface area contributed by atoms with Crippen molar-refractivity contribution in [1.82, 2.24) is 5.32 Å². The lowest BCUT2D eigenvalue weighted by Gasteiger charge is -2.29. The van der Waals surface area contributed by atoms with E-state index in [0.29, 0.717) is 6.10 Å². The Morgan fingerprint density at radius 1 is 1.24 bits per heavy atom. The lowest BCUT2D eigenvalue weighted by molar-refractivity contribution is 0.136. The van der Waals surface area contributed by atoms with Gasteiger partial charge in [0.05, 0.1) is 7.11 Å². The maximum atomic E-state index is 6.03. The molecule has 0 unspecified atom stereocenters. The lowest BCUT2D eigenvalue weighted by Crippen LogP contribution is -2.50. The molecule has 0 radical (unpaired) electrons. The van der Waals surface area contributed by atoms with Crippen molar-refractivity contribution in [1.29, 1.82) is 0 Å². The van der Waals surface area contributed by atoms with Crippen molar-refractivity contribution < 1.29 is 9.47 Å². The summed E-state index contributed by atoms with van der Waals surface area (Å²) in [5, 5.41) is 3.22. The first-order valence-electron chi connectivity index (χ1n) is 5.94. The molecule has 1 aliphatic carbocycles. The largest absolute Gasteiger partial charge is 0.493 e. The second-order valence-electron chi connectivity index (χ2n) is 4.49. The van der Waals surface area contributed by atoms with Crippen molar-refractivity contribution in [2.75, 3.05) is 20.2 Å². The molecule has 0 aromatic heterocycles. The Morgan fingerprint density at radius 3 is 2.71 bits per heavy atom. The van der Waals surface area contributed by atoms with Gasteiger partial charge in [0.2, 0.25) is 0 Å². The highest BCUT2D eigenvalue weighted by molar-refractivity contribution is 5.85. The molecule has 0 bridgehead atoms. The molecule has 1 aliphatic heterocycles. The highest BCUT2D eigenvalue weighted by atomic mass is 35.5. The Kier molecular flexibility index (Phi) is 3.79. The normalized spacial score (nSPS) is 17.9. The molecule has 1 fully saturated rings. The average Bonchev–Trinajstić information content (AvgIpc) is 2.71. The standard InChI is InChI=1S/C13H17NO2.ClH/c1-15-12-6-5-9-3-2-4-11(9)13(12)16-10-7-14-8-10;/h5-6,10,14H,2-4,7-8H2,1H3;1H. The summed E-state index contributed by atoms with van der Waals surface area (Å²) < 4.78 is 11.4. The van der Waals surface area contributed by atoms with Gasteiger partial charge in [0.1, 0.15) is 6.10 Å². The minimum atomic E-state index is 0. The fraction of sp³-hybridized carbons (Fsp3) is 0.538. The maximum absolute atomic E-state index is 6.03. The van der Waals surface area contributed by atoms with Crippen LogP contribution in [0.2, 0.25) is 0 Å². The fourth-order valence-electron chi connectivity index (χ4n) is 2.41. The monoisotopic (exact) mass is 255 g/mol. The zero-order chi connectivity index (χ0) is 11.0. The molecule has 3 rings (SSSR count). The summed E-state index contributed by atoms with van der Waals surface area (Å²) in [4.78, 5) is 0.